The van der Waals surface area contributed by atoms with E-state index in [-0.39, 0.29) is 17.6 Å². The van der Waals surface area contributed by atoms with E-state index in [2.05, 4.69) is 4.72 Å². The molecule has 1 saturated heterocycles. The predicted molar refractivity (Wildman–Crippen MR) is 105 cm³/mol. The average Bonchev–Trinajstić information content (AvgIpc) is 3.29. The van der Waals surface area contributed by atoms with Gasteiger partial charge in [-0.3, -0.25) is 9.62 Å². The first-order valence-electron chi connectivity index (χ1n) is 9.01. The fourth-order valence-electron chi connectivity index (χ4n) is 3.97. The van der Waals surface area contributed by atoms with Gasteiger partial charge in [-0.25, -0.2) is 13.6 Å². The molecule has 0 spiro atoms. The quantitative estimate of drug-likeness (QED) is 0.805. The van der Waals surface area contributed by atoms with Gasteiger partial charge in [0.05, 0.1) is 11.3 Å². The molecule has 0 aliphatic carbocycles. The third-order valence-electron chi connectivity index (χ3n) is 5.20. The summed E-state index contributed by atoms with van der Waals surface area (Å²) in [5.74, 6) is -1.23. The third kappa shape index (κ3) is 3.30. The Balaban J connectivity index is 1.69. The highest BCUT2D eigenvalue weighted by Crippen LogP contribution is 2.40. The Morgan fingerprint density at radius 3 is 2.63 bits per heavy atom. The largest absolute Gasteiger partial charge is 0.324 e. The van der Waals surface area contributed by atoms with Crippen molar-refractivity contribution in [3.8, 4) is 11.1 Å². The monoisotopic (exact) mass is 389 g/mol. The molecule has 4 nitrogen and oxygen atoms in total. The van der Waals surface area contributed by atoms with Gasteiger partial charge in [0.2, 0.25) is 0 Å². The van der Waals surface area contributed by atoms with E-state index in [1.165, 1.54) is 18.2 Å². The predicted octanol–water partition coefficient (Wildman–Crippen LogP) is 4.06. The molecule has 0 radical (unpaired) electrons. The van der Waals surface area contributed by atoms with Crippen LogP contribution < -0.4 is 9.62 Å². The number of anilines is 1. The number of nitrogens with zero attached hydrogens (tertiary/aromatic N) is 2. The van der Waals surface area contributed by atoms with E-state index in [0.717, 1.165) is 12.0 Å². The summed E-state index contributed by atoms with van der Waals surface area (Å²) in [6.45, 7) is 1.85. The Morgan fingerprint density at radius 1 is 1.15 bits per heavy atom. The molecule has 1 atom stereocenters. The van der Waals surface area contributed by atoms with E-state index in [0.29, 0.717) is 37.3 Å². The van der Waals surface area contributed by atoms with Crippen molar-refractivity contribution in [2.24, 2.45) is 0 Å². The zero-order chi connectivity index (χ0) is 19.0. The first-order chi connectivity index (χ1) is 13.1. The second-order valence-electron chi connectivity index (χ2n) is 6.85. The van der Waals surface area contributed by atoms with Gasteiger partial charge in [0, 0.05) is 31.2 Å². The van der Waals surface area contributed by atoms with Crippen molar-refractivity contribution in [3.05, 3.63) is 53.6 Å². The number of nitrogens with one attached hydrogen (secondary N) is 1. The number of carbonyl (C=O) groups excluding carboxylic acids is 1. The maximum absolute atomic E-state index is 14.4. The first kappa shape index (κ1) is 18.3. The molecule has 0 aromatic heterocycles. The minimum atomic E-state index is -0.617. The number of carbonyl (C=O) groups is 1. The number of hydrogen-bond donors (Lipinski definition) is 1. The van der Waals surface area contributed by atoms with Gasteiger partial charge in [0.15, 0.2) is 0 Å². The summed E-state index contributed by atoms with van der Waals surface area (Å²) < 4.78 is 32.1. The van der Waals surface area contributed by atoms with Gasteiger partial charge in [-0.15, -0.1) is 0 Å². The Labute approximate surface area is 161 Å². The molecule has 2 heterocycles. The molecule has 1 fully saturated rings. The molecular formula is C20H21F2N3OS. The number of rotatable bonds is 3. The molecule has 27 heavy (non-hydrogen) atoms. The van der Waals surface area contributed by atoms with Crippen LogP contribution in [0.2, 0.25) is 0 Å². The highest BCUT2D eigenvalue weighted by Gasteiger charge is 2.34. The molecule has 2 aromatic rings. The second kappa shape index (κ2) is 7.48. The number of benzene rings is 2. The van der Waals surface area contributed by atoms with E-state index in [1.807, 2.05) is 17.2 Å². The second-order valence-corrected chi connectivity index (χ2v) is 7.49. The molecule has 2 aliphatic heterocycles. The van der Waals surface area contributed by atoms with Crippen LogP contribution in [-0.4, -0.2) is 42.9 Å². The van der Waals surface area contributed by atoms with Gasteiger partial charge < -0.3 is 4.90 Å². The molecule has 2 aliphatic rings. The highest BCUT2D eigenvalue weighted by molar-refractivity contribution is 7.96. The summed E-state index contributed by atoms with van der Waals surface area (Å²) in [6.07, 6.45) is 3.55. The van der Waals surface area contributed by atoms with Crippen LogP contribution in [0.4, 0.5) is 19.3 Å². The van der Waals surface area contributed by atoms with Crippen LogP contribution in [0.1, 0.15) is 12.0 Å². The number of fused-ring (bicyclic) bond motifs is 1. The van der Waals surface area contributed by atoms with Crippen molar-refractivity contribution in [3.63, 3.8) is 0 Å². The standard InChI is InChI=1S/C20H21F2N3OS/c1-27-23-14-9-10-24(12-14)20(26)25-11-8-13-4-2-5-15(19(13)25)18-16(21)6-3-7-17(18)22/h2-7,14,23H,8-12H2,1H3. The summed E-state index contributed by atoms with van der Waals surface area (Å²) in [7, 11) is 0. The zero-order valence-electron chi connectivity index (χ0n) is 15.0. The smallest absolute Gasteiger partial charge is 0.323 e. The van der Waals surface area contributed by atoms with E-state index in [4.69, 9.17) is 0 Å². The number of para-hydroxylation sites is 1. The zero-order valence-corrected chi connectivity index (χ0v) is 15.9. The molecule has 1 N–H and O–H groups in total. The van der Waals surface area contributed by atoms with E-state index in [9.17, 15) is 13.6 Å². The molecule has 142 valence electrons. The van der Waals surface area contributed by atoms with Gasteiger partial charge >= 0.3 is 6.03 Å². The maximum Gasteiger partial charge on any atom is 0.324 e. The lowest BCUT2D eigenvalue weighted by molar-refractivity contribution is 0.215. The lowest BCUT2D eigenvalue weighted by atomic mass is 9.99. The fraction of sp³-hybridized carbons (Fsp3) is 0.350. The first-order valence-corrected chi connectivity index (χ1v) is 10.2. The number of halogens is 2. The van der Waals surface area contributed by atoms with Gasteiger partial charge in [-0.2, -0.15) is 0 Å². The van der Waals surface area contributed by atoms with Crippen molar-refractivity contribution in [1.82, 2.24) is 9.62 Å². The number of amides is 2. The van der Waals surface area contributed by atoms with Crippen molar-refractivity contribution in [1.29, 1.82) is 0 Å². The Kier molecular flexibility index (Phi) is 5.06. The van der Waals surface area contributed by atoms with Crippen LogP contribution in [0.15, 0.2) is 36.4 Å². The van der Waals surface area contributed by atoms with Gasteiger partial charge in [-0.05, 0) is 36.8 Å². The third-order valence-corrected chi connectivity index (χ3v) is 5.77. The summed E-state index contributed by atoms with van der Waals surface area (Å²) in [4.78, 5) is 16.6. The normalized spacial score (nSPS) is 18.9. The minimum Gasteiger partial charge on any atom is -0.323 e. The lowest BCUT2D eigenvalue weighted by Gasteiger charge is -2.26. The SMILES string of the molecule is CSNC1CCN(C(=O)N2CCc3cccc(-c4c(F)cccc4F)c32)C1. The molecule has 0 bridgehead atoms. The van der Waals surface area contributed by atoms with Gasteiger partial charge in [-0.1, -0.05) is 36.2 Å². The van der Waals surface area contributed by atoms with E-state index < -0.39 is 11.6 Å². The van der Waals surface area contributed by atoms with E-state index in [1.54, 1.807) is 29.0 Å². The summed E-state index contributed by atoms with van der Waals surface area (Å²) >= 11 is 1.55. The summed E-state index contributed by atoms with van der Waals surface area (Å²) in [5.41, 5.74) is 1.94. The van der Waals surface area contributed by atoms with Crippen LogP contribution in [0.3, 0.4) is 0 Å². The fourth-order valence-corrected chi connectivity index (χ4v) is 4.50. The van der Waals surface area contributed by atoms with Crippen LogP contribution in [0.25, 0.3) is 11.1 Å². The van der Waals surface area contributed by atoms with Crippen molar-refractivity contribution < 1.29 is 13.6 Å². The molecular weight excluding hydrogens is 368 g/mol. The van der Waals surface area contributed by atoms with Gasteiger partial charge in [0.1, 0.15) is 11.6 Å². The number of hydrogen-bond acceptors (Lipinski definition) is 3. The van der Waals surface area contributed by atoms with Crippen LogP contribution in [-0.2, 0) is 6.42 Å². The average molecular weight is 389 g/mol. The molecule has 0 saturated carbocycles. The Bertz CT molecular complexity index is 856. The lowest BCUT2D eigenvalue weighted by Crippen LogP contribution is -2.42. The van der Waals surface area contributed by atoms with Crippen LogP contribution in [0, 0.1) is 11.6 Å². The molecule has 2 aromatic carbocycles. The molecule has 4 rings (SSSR count). The molecule has 2 amide bonds. The Hall–Kier alpha value is -2.12. The van der Waals surface area contributed by atoms with E-state index >= 15 is 0 Å². The van der Waals surface area contributed by atoms with Crippen LogP contribution >= 0.6 is 11.9 Å². The number of urea groups is 1. The summed E-state index contributed by atoms with van der Waals surface area (Å²) in [6, 6.07) is 9.43. The highest BCUT2D eigenvalue weighted by atomic mass is 32.2. The van der Waals surface area contributed by atoms with Crippen molar-refractivity contribution in [2.45, 2.75) is 18.9 Å². The minimum absolute atomic E-state index is 0.0719. The van der Waals surface area contributed by atoms with Gasteiger partial charge in [0.25, 0.3) is 0 Å². The topological polar surface area (TPSA) is 35.6 Å². The molecule has 7 heteroatoms. The van der Waals surface area contributed by atoms with Crippen LogP contribution in [0.5, 0.6) is 0 Å². The number of likely N-dealkylation sites (tertiary alicyclic amines) is 1. The maximum atomic E-state index is 14.4. The van der Waals surface area contributed by atoms with Crippen molar-refractivity contribution >= 4 is 23.7 Å². The van der Waals surface area contributed by atoms with Crippen molar-refractivity contribution in [2.75, 3.05) is 30.8 Å². The Morgan fingerprint density at radius 2 is 1.89 bits per heavy atom. The molecule has 1 unspecified atom stereocenters. The summed E-state index contributed by atoms with van der Waals surface area (Å²) in [5, 5.41) is 0.